The van der Waals surface area contributed by atoms with Gasteiger partial charge in [0.2, 0.25) is 11.6 Å². The molecule has 4 aromatic carbocycles. The smallest absolute Gasteiger partial charge is 0.417 e. The number of halogens is 3. The van der Waals surface area contributed by atoms with Crippen molar-refractivity contribution in [3.8, 4) is 28.3 Å². The van der Waals surface area contributed by atoms with Crippen LogP contribution in [0.1, 0.15) is 58.2 Å². The number of rotatable bonds is 10. The zero-order valence-electron chi connectivity index (χ0n) is 30.8. The molecule has 0 aliphatic carbocycles. The average molecular weight is 751 g/mol. The second-order valence-electron chi connectivity index (χ2n) is 14.3. The lowest BCUT2D eigenvalue weighted by Gasteiger charge is -2.21. The van der Waals surface area contributed by atoms with E-state index in [0.29, 0.717) is 73.0 Å². The molecule has 2 saturated heterocycles. The SMILES string of the molecule is [C-]#[N+]c1cc(CN2CCC[C@H]2C(=O)O)cc2nc(-c3cccc(-c4cccc(/C=C/c5cc(OC)c(CN6CC[C@@H](O)C6)cc5C(F)(F)F)c4C)c3C)oc12. The van der Waals surface area contributed by atoms with Gasteiger partial charge in [0, 0.05) is 37.3 Å². The number of likely N-dealkylation sites (tertiary alicyclic amines) is 2. The molecule has 55 heavy (non-hydrogen) atoms. The van der Waals surface area contributed by atoms with Gasteiger partial charge in [-0.15, -0.1) is 0 Å². The lowest BCUT2D eigenvalue weighted by atomic mass is 9.91. The molecule has 12 heteroatoms. The largest absolute Gasteiger partial charge is 0.496 e. The number of aliphatic hydroxyl groups excluding tert-OH is 1. The van der Waals surface area contributed by atoms with Gasteiger partial charge >= 0.3 is 12.1 Å². The minimum atomic E-state index is -4.60. The van der Waals surface area contributed by atoms with Gasteiger partial charge in [-0.2, -0.15) is 13.2 Å². The molecule has 0 saturated carbocycles. The number of oxazole rings is 1. The average Bonchev–Trinajstić information content (AvgIpc) is 3.91. The lowest BCUT2D eigenvalue weighted by molar-refractivity contribution is -0.142. The van der Waals surface area contributed by atoms with Crippen LogP contribution in [0.3, 0.4) is 0 Å². The van der Waals surface area contributed by atoms with Crippen molar-refractivity contribution in [2.75, 3.05) is 26.7 Å². The van der Waals surface area contributed by atoms with E-state index in [1.54, 1.807) is 12.1 Å². The summed E-state index contributed by atoms with van der Waals surface area (Å²) in [7, 11) is 1.44. The number of aliphatic hydroxyl groups is 1. The number of hydrogen-bond donors (Lipinski definition) is 2. The van der Waals surface area contributed by atoms with E-state index in [4.69, 9.17) is 20.7 Å². The standard InChI is InChI=1S/C43H41F3N4O5/c1-25-28(13-14-29-21-39(54-4)30(20-35(29)43(44,45)46)23-49-17-15-31(51)24-49)8-5-9-32(25)33-10-6-11-34(26(33)2)41-48-37-19-27(18-36(47-3)40(37)55-41)22-50-16-7-12-38(50)42(52)53/h5-6,8-11,13-14,18-21,31,38,51H,7,12,15-17,22-24H2,1-2,4H3,(H,52,53)/b14-13+/t31-,38+/m1/s1. The van der Waals surface area contributed by atoms with Gasteiger partial charge in [-0.05, 0) is 109 Å². The highest BCUT2D eigenvalue weighted by atomic mass is 19.4. The summed E-state index contributed by atoms with van der Waals surface area (Å²) in [5.41, 5.74) is 6.57. The van der Waals surface area contributed by atoms with Crippen LogP contribution in [0.5, 0.6) is 5.75 Å². The Labute approximate surface area is 317 Å². The van der Waals surface area contributed by atoms with Gasteiger partial charge in [0.15, 0.2) is 5.58 Å². The molecular formula is C43H41F3N4O5. The van der Waals surface area contributed by atoms with Gasteiger partial charge in [0.05, 0.1) is 30.9 Å². The molecule has 284 valence electrons. The first-order valence-electron chi connectivity index (χ1n) is 18.2. The Hall–Kier alpha value is -5.48. The highest BCUT2D eigenvalue weighted by Crippen LogP contribution is 2.40. The number of ether oxygens (including phenoxy) is 1. The molecule has 2 fully saturated rings. The van der Waals surface area contributed by atoms with Gasteiger partial charge in [0.1, 0.15) is 11.8 Å². The molecule has 7 rings (SSSR count). The maximum atomic E-state index is 14.4. The van der Waals surface area contributed by atoms with E-state index < -0.39 is 29.9 Å². The van der Waals surface area contributed by atoms with Crippen LogP contribution < -0.4 is 4.74 Å². The van der Waals surface area contributed by atoms with Crippen LogP contribution in [0, 0.1) is 20.4 Å². The Balaban J connectivity index is 1.20. The number of methoxy groups -OCH3 is 1. The number of β-amino-alcohol motifs (C(OH)–C–C–N with tert-alkyl or cyclic N) is 1. The Morgan fingerprint density at radius 1 is 1.00 bits per heavy atom. The fraction of sp³-hybridized carbons (Fsp3) is 0.326. The van der Waals surface area contributed by atoms with Crippen LogP contribution in [0.2, 0.25) is 0 Å². The fourth-order valence-electron chi connectivity index (χ4n) is 7.89. The van der Waals surface area contributed by atoms with Crippen LogP contribution in [-0.4, -0.2) is 69.9 Å². The van der Waals surface area contributed by atoms with E-state index >= 15 is 0 Å². The molecule has 1 aromatic heterocycles. The molecular weight excluding hydrogens is 709 g/mol. The molecule has 0 bridgehead atoms. The summed E-state index contributed by atoms with van der Waals surface area (Å²) in [5.74, 6) is -0.158. The van der Waals surface area contributed by atoms with Gasteiger partial charge in [0.25, 0.3) is 0 Å². The molecule has 0 spiro atoms. The number of carboxylic acid groups (broad SMARTS) is 1. The highest BCUT2D eigenvalue weighted by molar-refractivity contribution is 5.90. The Morgan fingerprint density at radius 3 is 2.42 bits per heavy atom. The van der Waals surface area contributed by atoms with Crippen molar-refractivity contribution >= 4 is 34.9 Å². The van der Waals surface area contributed by atoms with Crippen molar-refractivity contribution in [1.29, 1.82) is 0 Å². The Bertz CT molecular complexity index is 2340. The first-order valence-corrected chi connectivity index (χ1v) is 18.2. The van der Waals surface area contributed by atoms with Crippen molar-refractivity contribution in [3.63, 3.8) is 0 Å². The number of nitrogens with zero attached hydrogens (tertiary/aromatic N) is 4. The van der Waals surface area contributed by atoms with Crippen molar-refractivity contribution in [1.82, 2.24) is 14.8 Å². The van der Waals surface area contributed by atoms with Crippen LogP contribution in [-0.2, 0) is 24.1 Å². The third-order valence-electron chi connectivity index (χ3n) is 10.8. The summed E-state index contributed by atoms with van der Waals surface area (Å²) in [6, 6.07) is 17.0. The molecule has 9 nitrogen and oxygen atoms in total. The molecule has 0 radical (unpaired) electrons. The number of alkyl halides is 3. The minimum Gasteiger partial charge on any atom is -0.496 e. The number of fused-ring (bicyclic) bond motifs is 1. The van der Waals surface area contributed by atoms with Crippen molar-refractivity contribution < 1.29 is 37.3 Å². The number of hydrogen-bond acceptors (Lipinski definition) is 7. The quantitative estimate of drug-likeness (QED) is 0.108. The minimum absolute atomic E-state index is 0.0161. The van der Waals surface area contributed by atoms with E-state index in [0.717, 1.165) is 51.4 Å². The monoisotopic (exact) mass is 750 g/mol. The number of benzene rings is 4. The van der Waals surface area contributed by atoms with Crippen molar-refractivity contribution in [2.45, 2.75) is 64.5 Å². The van der Waals surface area contributed by atoms with Crippen molar-refractivity contribution in [3.05, 3.63) is 111 Å². The Morgan fingerprint density at radius 2 is 1.73 bits per heavy atom. The number of carboxylic acids is 1. The van der Waals surface area contributed by atoms with E-state index in [-0.39, 0.29) is 12.1 Å². The van der Waals surface area contributed by atoms with Crippen LogP contribution >= 0.6 is 0 Å². The zero-order valence-corrected chi connectivity index (χ0v) is 30.8. The molecule has 0 amide bonds. The second kappa shape index (κ2) is 15.3. The molecule has 5 aromatic rings. The van der Waals surface area contributed by atoms with Gasteiger partial charge < -0.3 is 19.4 Å². The van der Waals surface area contributed by atoms with Crippen LogP contribution in [0.25, 0.3) is 50.7 Å². The zero-order chi connectivity index (χ0) is 39.0. The first-order chi connectivity index (χ1) is 26.3. The topological polar surface area (TPSA) is 104 Å². The van der Waals surface area contributed by atoms with E-state index in [1.807, 2.05) is 66.1 Å². The van der Waals surface area contributed by atoms with Crippen LogP contribution in [0.4, 0.5) is 18.9 Å². The molecule has 2 aliphatic rings. The van der Waals surface area contributed by atoms with Gasteiger partial charge in [-0.1, -0.05) is 42.5 Å². The van der Waals surface area contributed by atoms with E-state index in [1.165, 1.54) is 19.3 Å². The summed E-state index contributed by atoms with van der Waals surface area (Å²) in [6.45, 7) is 14.0. The summed E-state index contributed by atoms with van der Waals surface area (Å²) in [6.07, 6.45) is 0.0322. The van der Waals surface area contributed by atoms with Crippen LogP contribution in [0.15, 0.2) is 65.1 Å². The second-order valence-corrected chi connectivity index (χ2v) is 14.3. The van der Waals surface area contributed by atoms with E-state index in [2.05, 4.69) is 4.85 Å². The number of aliphatic carboxylic acids is 1. The predicted molar refractivity (Wildman–Crippen MR) is 205 cm³/mol. The summed E-state index contributed by atoms with van der Waals surface area (Å²) in [4.78, 5) is 24.1. The fourth-order valence-corrected chi connectivity index (χ4v) is 7.89. The van der Waals surface area contributed by atoms with Gasteiger partial charge in [-0.25, -0.2) is 9.83 Å². The summed E-state index contributed by atoms with van der Waals surface area (Å²) >= 11 is 0. The lowest BCUT2D eigenvalue weighted by Crippen LogP contribution is -2.35. The predicted octanol–water partition coefficient (Wildman–Crippen LogP) is 9.14. The molecule has 0 unspecified atom stereocenters. The summed E-state index contributed by atoms with van der Waals surface area (Å²) < 4.78 is 55.0. The van der Waals surface area contributed by atoms with E-state index in [9.17, 15) is 28.2 Å². The highest BCUT2D eigenvalue weighted by Gasteiger charge is 2.35. The van der Waals surface area contributed by atoms with Crippen molar-refractivity contribution in [2.24, 2.45) is 0 Å². The Kier molecular flexibility index (Phi) is 10.5. The molecule has 2 N–H and O–H groups in total. The summed E-state index contributed by atoms with van der Waals surface area (Å²) in [5, 5.41) is 19.6. The number of aromatic nitrogens is 1. The maximum absolute atomic E-state index is 14.4. The third-order valence-corrected chi connectivity index (χ3v) is 10.8. The molecule has 3 heterocycles. The molecule has 2 atom stereocenters. The normalized spacial score (nSPS) is 18.1. The number of carbonyl (C=O) groups is 1. The maximum Gasteiger partial charge on any atom is 0.417 e. The van der Waals surface area contributed by atoms with Gasteiger partial charge in [-0.3, -0.25) is 14.6 Å². The molecule has 2 aliphatic heterocycles. The first kappa shape index (κ1) is 37.8. The third kappa shape index (κ3) is 7.73.